The van der Waals surface area contributed by atoms with E-state index in [1.165, 1.54) is 24.3 Å². The Bertz CT molecular complexity index is 1290. The predicted molar refractivity (Wildman–Crippen MR) is 130 cm³/mol. The highest BCUT2D eigenvalue weighted by Gasteiger charge is 2.27. The van der Waals surface area contributed by atoms with Crippen molar-refractivity contribution in [2.75, 3.05) is 31.5 Å². The first-order valence-electron chi connectivity index (χ1n) is 11.0. The number of aromatic nitrogens is 2. The summed E-state index contributed by atoms with van der Waals surface area (Å²) in [6, 6.07) is 10.5. The SMILES string of the molecule is CCn1c(C(C)N2CCN(C(=O)Nc3ccc([N+](=O)[O-])cc3)CC2)nc2ccc(Cl)cc2c1=O. The number of nitrogens with zero attached hydrogens (tertiary/aromatic N) is 5. The molecule has 1 atom stereocenters. The highest BCUT2D eigenvalue weighted by Crippen LogP contribution is 2.23. The molecular formula is C23H25ClN6O4. The molecule has 0 aliphatic carbocycles. The maximum absolute atomic E-state index is 13.0. The van der Waals surface area contributed by atoms with Crippen molar-refractivity contribution in [2.24, 2.45) is 0 Å². The van der Waals surface area contributed by atoms with Gasteiger partial charge in [0.15, 0.2) is 0 Å². The monoisotopic (exact) mass is 484 g/mol. The number of anilines is 1. The lowest BCUT2D eigenvalue weighted by Crippen LogP contribution is -2.51. The molecule has 2 aromatic carbocycles. The van der Waals surface area contributed by atoms with Crippen LogP contribution in [0.3, 0.4) is 0 Å². The van der Waals surface area contributed by atoms with Crippen molar-refractivity contribution in [1.82, 2.24) is 19.4 Å². The summed E-state index contributed by atoms with van der Waals surface area (Å²) in [6.45, 7) is 6.66. The summed E-state index contributed by atoms with van der Waals surface area (Å²) >= 11 is 6.07. The minimum Gasteiger partial charge on any atom is -0.322 e. The molecule has 1 saturated heterocycles. The second kappa shape index (κ2) is 9.78. The molecule has 178 valence electrons. The Balaban J connectivity index is 1.44. The van der Waals surface area contributed by atoms with Gasteiger partial charge >= 0.3 is 6.03 Å². The van der Waals surface area contributed by atoms with Crippen molar-refractivity contribution in [3.05, 3.63) is 73.8 Å². The zero-order valence-electron chi connectivity index (χ0n) is 18.9. The number of fused-ring (bicyclic) bond motifs is 1. The molecule has 1 aliphatic rings. The third kappa shape index (κ3) is 4.73. The van der Waals surface area contributed by atoms with Crippen molar-refractivity contribution in [1.29, 1.82) is 0 Å². The summed E-state index contributed by atoms with van der Waals surface area (Å²) in [7, 11) is 0. The zero-order valence-corrected chi connectivity index (χ0v) is 19.7. The quantitative estimate of drug-likeness (QED) is 0.434. The fourth-order valence-electron chi connectivity index (χ4n) is 4.18. The second-order valence-corrected chi connectivity index (χ2v) is 8.55. The van der Waals surface area contributed by atoms with Gasteiger partial charge in [-0.15, -0.1) is 0 Å². The lowest BCUT2D eigenvalue weighted by molar-refractivity contribution is -0.384. The van der Waals surface area contributed by atoms with E-state index in [1.807, 2.05) is 13.8 Å². The maximum Gasteiger partial charge on any atom is 0.321 e. The molecule has 11 heteroatoms. The number of nitrogens with one attached hydrogen (secondary N) is 1. The molecule has 1 aromatic heterocycles. The van der Waals surface area contributed by atoms with Gasteiger partial charge in [0.25, 0.3) is 11.2 Å². The minimum atomic E-state index is -0.483. The number of benzene rings is 2. The summed E-state index contributed by atoms with van der Waals surface area (Å²) < 4.78 is 1.68. The van der Waals surface area contributed by atoms with Gasteiger partial charge in [-0.2, -0.15) is 0 Å². The number of nitro groups is 1. The smallest absolute Gasteiger partial charge is 0.321 e. The number of non-ortho nitro benzene ring substituents is 1. The Labute approximate surface area is 200 Å². The van der Waals surface area contributed by atoms with E-state index in [2.05, 4.69) is 10.2 Å². The van der Waals surface area contributed by atoms with E-state index in [9.17, 15) is 19.7 Å². The Morgan fingerprint density at radius 2 is 1.85 bits per heavy atom. The number of nitro benzene ring substituents is 1. The van der Waals surface area contributed by atoms with Gasteiger partial charge in [0.1, 0.15) is 5.82 Å². The molecule has 1 fully saturated rings. The van der Waals surface area contributed by atoms with Gasteiger partial charge in [-0.25, -0.2) is 9.78 Å². The number of halogens is 1. The lowest BCUT2D eigenvalue weighted by atomic mass is 10.2. The molecule has 0 spiro atoms. The maximum atomic E-state index is 13.0. The van der Waals surface area contributed by atoms with Crippen LogP contribution in [-0.2, 0) is 6.54 Å². The lowest BCUT2D eigenvalue weighted by Gasteiger charge is -2.38. The van der Waals surface area contributed by atoms with E-state index in [0.29, 0.717) is 60.2 Å². The van der Waals surface area contributed by atoms with Gasteiger partial charge in [-0.1, -0.05) is 11.6 Å². The van der Waals surface area contributed by atoms with E-state index < -0.39 is 4.92 Å². The molecule has 2 amide bonds. The molecule has 1 unspecified atom stereocenters. The van der Waals surface area contributed by atoms with Crippen LogP contribution in [0, 0.1) is 10.1 Å². The minimum absolute atomic E-state index is 0.0310. The number of hydrogen-bond acceptors (Lipinski definition) is 6. The van der Waals surface area contributed by atoms with Crippen LogP contribution in [0.5, 0.6) is 0 Å². The van der Waals surface area contributed by atoms with Gasteiger partial charge < -0.3 is 10.2 Å². The first-order chi connectivity index (χ1) is 16.3. The van der Waals surface area contributed by atoms with Crippen LogP contribution in [0.4, 0.5) is 16.2 Å². The van der Waals surface area contributed by atoms with E-state index >= 15 is 0 Å². The van der Waals surface area contributed by atoms with Gasteiger partial charge in [0.05, 0.1) is 21.9 Å². The summed E-state index contributed by atoms with van der Waals surface area (Å²) in [6.07, 6.45) is 0. The summed E-state index contributed by atoms with van der Waals surface area (Å²) in [5.41, 5.74) is 0.968. The first-order valence-corrected chi connectivity index (χ1v) is 11.4. The molecule has 10 nitrogen and oxygen atoms in total. The fourth-order valence-corrected chi connectivity index (χ4v) is 4.35. The van der Waals surface area contributed by atoms with Crippen LogP contribution in [0.1, 0.15) is 25.7 Å². The molecule has 4 rings (SSSR count). The van der Waals surface area contributed by atoms with Gasteiger partial charge in [-0.05, 0) is 44.2 Å². The highest BCUT2D eigenvalue weighted by molar-refractivity contribution is 6.31. The third-order valence-corrected chi connectivity index (χ3v) is 6.35. The standard InChI is InChI=1S/C23H25ClN6O4/c1-3-29-21(26-20-9-4-16(24)14-19(20)22(29)31)15(2)27-10-12-28(13-11-27)23(32)25-17-5-7-18(8-6-17)30(33)34/h4-9,14-15H,3,10-13H2,1-2H3,(H,25,32). The van der Waals surface area contributed by atoms with Crippen molar-refractivity contribution in [3.8, 4) is 0 Å². The molecule has 34 heavy (non-hydrogen) atoms. The Kier molecular flexibility index (Phi) is 6.80. The summed E-state index contributed by atoms with van der Waals surface area (Å²) in [4.78, 5) is 44.7. The average molecular weight is 485 g/mol. The number of hydrogen-bond donors (Lipinski definition) is 1. The van der Waals surface area contributed by atoms with Gasteiger partial charge in [0.2, 0.25) is 0 Å². The largest absolute Gasteiger partial charge is 0.322 e. The molecule has 2 heterocycles. The zero-order chi connectivity index (χ0) is 24.4. The predicted octanol–water partition coefficient (Wildman–Crippen LogP) is 3.89. The van der Waals surface area contributed by atoms with Crippen LogP contribution in [0.2, 0.25) is 5.02 Å². The van der Waals surface area contributed by atoms with Crippen LogP contribution < -0.4 is 10.9 Å². The topological polar surface area (TPSA) is 114 Å². The van der Waals surface area contributed by atoms with Crippen LogP contribution in [-0.4, -0.2) is 56.5 Å². The van der Waals surface area contributed by atoms with Crippen molar-refractivity contribution < 1.29 is 9.72 Å². The number of urea groups is 1. The fraction of sp³-hybridized carbons (Fsp3) is 0.348. The molecule has 1 N–H and O–H groups in total. The molecule has 0 saturated carbocycles. The molecular weight excluding hydrogens is 460 g/mol. The van der Waals surface area contributed by atoms with E-state index in [4.69, 9.17) is 16.6 Å². The van der Waals surface area contributed by atoms with E-state index in [1.54, 1.807) is 27.7 Å². The Morgan fingerprint density at radius 3 is 2.47 bits per heavy atom. The van der Waals surface area contributed by atoms with Crippen molar-refractivity contribution in [2.45, 2.75) is 26.4 Å². The van der Waals surface area contributed by atoms with Crippen LogP contribution >= 0.6 is 11.6 Å². The van der Waals surface area contributed by atoms with Crippen LogP contribution in [0.25, 0.3) is 10.9 Å². The van der Waals surface area contributed by atoms with Gasteiger partial charge in [0, 0.05) is 55.6 Å². The van der Waals surface area contributed by atoms with E-state index in [-0.39, 0.29) is 23.3 Å². The summed E-state index contributed by atoms with van der Waals surface area (Å²) in [5, 5.41) is 14.6. The Hall–Kier alpha value is -3.50. The molecule has 0 bridgehead atoms. The second-order valence-electron chi connectivity index (χ2n) is 8.11. The molecule has 1 aliphatic heterocycles. The van der Waals surface area contributed by atoms with Crippen molar-refractivity contribution >= 4 is 39.9 Å². The number of piperazine rings is 1. The third-order valence-electron chi connectivity index (χ3n) is 6.11. The molecule has 0 radical (unpaired) electrons. The average Bonchev–Trinajstić information content (AvgIpc) is 2.84. The number of carbonyl (C=O) groups excluding carboxylic acids is 1. The van der Waals surface area contributed by atoms with Gasteiger partial charge in [-0.3, -0.25) is 24.4 Å². The normalized spacial score (nSPS) is 15.3. The Morgan fingerprint density at radius 1 is 1.18 bits per heavy atom. The van der Waals surface area contributed by atoms with E-state index in [0.717, 1.165) is 0 Å². The summed E-state index contributed by atoms with van der Waals surface area (Å²) in [5.74, 6) is 0.686. The highest BCUT2D eigenvalue weighted by atomic mass is 35.5. The number of carbonyl (C=O) groups is 1. The van der Waals surface area contributed by atoms with Crippen LogP contribution in [0.15, 0.2) is 47.3 Å². The first kappa shape index (κ1) is 23.7. The molecule has 3 aromatic rings. The number of amides is 2. The number of rotatable bonds is 5. The van der Waals surface area contributed by atoms with Crippen molar-refractivity contribution in [3.63, 3.8) is 0 Å².